The summed E-state index contributed by atoms with van der Waals surface area (Å²) in [5.74, 6) is 0. The molecule has 0 bridgehead atoms. The predicted molar refractivity (Wildman–Crippen MR) is 69.2 cm³/mol. The Morgan fingerprint density at radius 2 is 1.65 bits per heavy atom. The van der Waals surface area contributed by atoms with Crippen LogP contribution in [0.25, 0.3) is 11.1 Å². The smallest absolute Gasteiger partial charge is 0.257 e. The van der Waals surface area contributed by atoms with Gasteiger partial charge in [-0.2, -0.15) is 0 Å². The van der Waals surface area contributed by atoms with Gasteiger partial charge < -0.3 is 4.52 Å². The lowest BCUT2D eigenvalue weighted by molar-refractivity contribution is 0.442. The molecule has 2 aromatic heterocycles. The molecular weight excluding hydrogens is 212 g/mol. The Kier molecular flexibility index (Phi) is 2.53. The highest BCUT2D eigenvalue weighted by atomic mass is 16.5. The first-order valence-corrected chi connectivity index (χ1v) is 5.96. The van der Waals surface area contributed by atoms with Crippen LogP contribution in [-0.4, -0.2) is 10.1 Å². The summed E-state index contributed by atoms with van der Waals surface area (Å²) in [6, 6.07) is 2.15. The van der Waals surface area contributed by atoms with Crippen molar-refractivity contribution in [3.8, 4) is 0 Å². The molecule has 0 unspecified atom stereocenters. The van der Waals surface area contributed by atoms with Crippen LogP contribution in [0.3, 0.4) is 0 Å². The van der Waals surface area contributed by atoms with Crippen molar-refractivity contribution in [2.75, 3.05) is 0 Å². The lowest BCUT2D eigenvalue weighted by Crippen LogP contribution is -2.23. The Morgan fingerprint density at radius 1 is 1.00 bits per heavy atom. The van der Waals surface area contributed by atoms with E-state index >= 15 is 0 Å². The fourth-order valence-electron chi connectivity index (χ4n) is 1.95. The normalized spacial score (nSPS) is 13.3. The summed E-state index contributed by atoms with van der Waals surface area (Å²) < 4.78 is 5.16. The molecule has 2 aromatic rings. The number of fused-ring (bicyclic) bond motifs is 1. The van der Waals surface area contributed by atoms with Gasteiger partial charge in [-0.25, -0.2) is 4.98 Å². The van der Waals surface area contributed by atoms with E-state index in [0.717, 1.165) is 11.1 Å². The van der Waals surface area contributed by atoms with Crippen molar-refractivity contribution >= 4 is 11.1 Å². The molecule has 2 heterocycles. The monoisotopic (exact) mass is 232 g/mol. The molecule has 0 N–H and O–H groups in total. The molecular formula is C14H20N2O. The van der Waals surface area contributed by atoms with Gasteiger partial charge >= 0.3 is 0 Å². The maximum Gasteiger partial charge on any atom is 0.257 e. The fraction of sp³-hybridized carbons (Fsp3) is 0.571. The van der Waals surface area contributed by atoms with Crippen LogP contribution in [0.15, 0.2) is 16.8 Å². The van der Waals surface area contributed by atoms with E-state index in [0.29, 0.717) is 5.71 Å². The Labute approximate surface area is 102 Å². The van der Waals surface area contributed by atoms with Crippen molar-refractivity contribution in [1.82, 2.24) is 10.1 Å². The summed E-state index contributed by atoms with van der Waals surface area (Å²) in [6.07, 6.45) is 1.73. The second-order valence-corrected chi connectivity index (χ2v) is 6.60. The first-order valence-electron chi connectivity index (χ1n) is 5.96. The lowest BCUT2D eigenvalue weighted by Gasteiger charge is -2.28. The van der Waals surface area contributed by atoms with Crippen LogP contribution in [0.5, 0.6) is 0 Å². The van der Waals surface area contributed by atoms with Gasteiger partial charge in [-0.3, -0.25) is 0 Å². The first kappa shape index (κ1) is 12.1. The molecule has 0 aliphatic carbocycles. The summed E-state index contributed by atoms with van der Waals surface area (Å²) in [6.45, 7) is 13.1. The molecule has 3 heteroatoms. The van der Waals surface area contributed by atoms with E-state index in [1.54, 1.807) is 6.20 Å². The number of hydrogen-bond acceptors (Lipinski definition) is 3. The minimum Gasteiger partial charge on any atom is -0.336 e. The fourth-order valence-corrected chi connectivity index (χ4v) is 1.95. The van der Waals surface area contributed by atoms with Crippen LogP contribution < -0.4 is 0 Å². The van der Waals surface area contributed by atoms with Gasteiger partial charge in [0.2, 0.25) is 0 Å². The Morgan fingerprint density at radius 3 is 2.18 bits per heavy atom. The van der Waals surface area contributed by atoms with Crippen LogP contribution in [-0.2, 0) is 10.8 Å². The van der Waals surface area contributed by atoms with Crippen molar-refractivity contribution in [2.45, 2.75) is 52.4 Å². The Hall–Kier alpha value is -1.38. The summed E-state index contributed by atoms with van der Waals surface area (Å²) in [5, 5.41) is 4.79. The van der Waals surface area contributed by atoms with E-state index in [4.69, 9.17) is 4.52 Å². The van der Waals surface area contributed by atoms with Gasteiger partial charge in [0.1, 0.15) is 0 Å². The third-order valence-corrected chi connectivity index (χ3v) is 2.86. The van der Waals surface area contributed by atoms with Crippen LogP contribution in [0, 0.1) is 0 Å². The van der Waals surface area contributed by atoms with E-state index in [-0.39, 0.29) is 10.8 Å². The van der Waals surface area contributed by atoms with Gasteiger partial charge in [-0.15, -0.1) is 0 Å². The van der Waals surface area contributed by atoms with Gasteiger partial charge in [-0.1, -0.05) is 46.7 Å². The zero-order chi connectivity index (χ0) is 12.8. The van der Waals surface area contributed by atoms with Gasteiger partial charge in [-0.05, 0) is 17.0 Å². The summed E-state index contributed by atoms with van der Waals surface area (Å²) >= 11 is 0. The quantitative estimate of drug-likeness (QED) is 0.693. The van der Waals surface area contributed by atoms with E-state index in [9.17, 15) is 0 Å². The molecule has 0 spiro atoms. The maximum atomic E-state index is 5.16. The molecule has 0 aliphatic rings. The highest BCUT2D eigenvalue weighted by Crippen LogP contribution is 2.34. The maximum absolute atomic E-state index is 5.16. The SMILES string of the molecule is CC(C)(C)c1cc2cnoc2nc1C(C)(C)C. The number of nitrogens with zero attached hydrogens (tertiary/aromatic N) is 2. The molecule has 0 amide bonds. The summed E-state index contributed by atoms with van der Waals surface area (Å²) in [4.78, 5) is 4.64. The summed E-state index contributed by atoms with van der Waals surface area (Å²) in [5.41, 5.74) is 3.06. The van der Waals surface area contributed by atoms with E-state index in [1.165, 1.54) is 5.56 Å². The number of aromatic nitrogens is 2. The number of hydrogen-bond donors (Lipinski definition) is 0. The van der Waals surface area contributed by atoms with Crippen molar-refractivity contribution in [3.05, 3.63) is 23.5 Å². The molecule has 0 saturated heterocycles. The molecule has 17 heavy (non-hydrogen) atoms. The number of rotatable bonds is 0. The van der Waals surface area contributed by atoms with Crippen LogP contribution in [0.1, 0.15) is 52.8 Å². The van der Waals surface area contributed by atoms with Crippen molar-refractivity contribution in [1.29, 1.82) is 0 Å². The van der Waals surface area contributed by atoms with E-state index < -0.39 is 0 Å². The average Bonchev–Trinajstić information content (AvgIpc) is 2.59. The molecule has 0 aromatic carbocycles. The second kappa shape index (κ2) is 3.56. The molecule has 0 fully saturated rings. The Bertz CT molecular complexity index is 493. The zero-order valence-electron chi connectivity index (χ0n) is 11.5. The molecule has 0 aliphatic heterocycles. The molecule has 2 rings (SSSR count). The van der Waals surface area contributed by atoms with E-state index in [2.05, 4.69) is 57.7 Å². The largest absolute Gasteiger partial charge is 0.336 e. The third kappa shape index (κ3) is 2.19. The minimum absolute atomic E-state index is 0.00356. The first-order chi connectivity index (χ1) is 7.69. The van der Waals surface area contributed by atoms with Crippen molar-refractivity contribution < 1.29 is 4.52 Å². The van der Waals surface area contributed by atoms with Crippen LogP contribution in [0.2, 0.25) is 0 Å². The lowest BCUT2D eigenvalue weighted by atomic mass is 9.78. The molecule has 92 valence electrons. The second-order valence-electron chi connectivity index (χ2n) is 6.60. The molecule has 3 nitrogen and oxygen atoms in total. The third-order valence-electron chi connectivity index (χ3n) is 2.86. The summed E-state index contributed by atoms with van der Waals surface area (Å²) in [7, 11) is 0. The Balaban J connectivity index is 2.78. The van der Waals surface area contributed by atoms with Crippen molar-refractivity contribution in [2.24, 2.45) is 0 Å². The average molecular weight is 232 g/mol. The standard InChI is InChI=1S/C14H20N2O/c1-13(2,3)10-7-9-8-15-17-12(9)16-11(10)14(4,5)6/h7-8H,1-6H3. The zero-order valence-corrected chi connectivity index (χ0v) is 11.5. The van der Waals surface area contributed by atoms with Gasteiger partial charge in [0.25, 0.3) is 5.71 Å². The van der Waals surface area contributed by atoms with Gasteiger partial charge in [0.15, 0.2) is 0 Å². The van der Waals surface area contributed by atoms with Crippen molar-refractivity contribution in [3.63, 3.8) is 0 Å². The molecule has 0 radical (unpaired) electrons. The molecule has 0 atom stereocenters. The van der Waals surface area contributed by atoms with Crippen LogP contribution in [0.4, 0.5) is 0 Å². The predicted octanol–water partition coefficient (Wildman–Crippen LogP) is 3.82. The number of pyridine rings is 1. The minimum atomic E-state index is 0.00356. The van der Waals surface area contributed by atoms with Crippen LogP contribution >= 0.6 is 0 Å². The highest BCUT2D eigenvalue weighted by molar-refractivity contribution is 5.73. The van der Waals surface area contributed by atoms with Gasteiger partial charge in [0.05, 0.1) is 17.3 Å². The van der Waals surface area contributed by atoms with E-state index in [1.807, 2.05) is 0 Å². The van der Waals surface area contributed by atoms with Gasteiger partial charge in [0, 0.05) is 5.41 Å². The topological polar surface area (TPSA) is 38.9 Å². The highest BCUT2D eigenvalue weighted by Gasteiger charge is 2.27. The molecule has 0 saturated carbocycles.